The fraction of sp³-hybridized carbons (Fsp3) is 0.455. The number of allylic oxidation sites excluding steroid dienone is 5. The van der Waals surface area contributed by atoms with Gasteiger partial charge in [-0.3, -0.25) is 0 Å². The van der Waals surface area contributed by atoms with Gasteiger partial charge in [-0.25, -0.2) is 0 Å². The first-order valence-corrected chi connectivity index (χ1v) is 3.98. The van der Waals surface area contributed by atoms with Crippen LogP contribution < -0.4 is 0 Å². The fourth-order valence-corrected chi connectivity index (χ4v) is 0.951. The van der Waals surface area contributed by atoms with E-state index in [4.69, 9.17) is 0 Å². The minimum Gasteiger partial charge on any atom is -0.0991 e. The molecule has 62 valence electrons. The van der Waals surface area contributed by atoms with Gasteiger partial charge in [-0.2, -0.15) is 0 Å². The summed E-state index contributed by atoms with van der Waals surface area (Å²) in [6.07, 6.45) is 8.02. The molecule has 0 radical (unpaired) electrons. The van der Waals surface area contributed by atoms with Crippen molar-refractivity contribution in [1.82, 2.24) is 0 Å². The highest BCUT2D eigenvalue weighted by Crippen LogP contribution is 2.25. The molecule has 0 aromatic rings. The van der Waals surface area contributed by atoms with Gasteiger partial charge in [0.25, 0.3) is 0 Å². The van der Waals surface area contributed by atoms with Gasteiger partial charge in [-0.1, -0.05) is 51.7 Å². The Balaban J connectivity index is 4.45. The third kappa shape index (κ3) is 3.82. The normalized spacial score (nSPS) is 14.0. The van der Waals surface area contributed by atoms with Crippen molar-refractivity contribution in [3.8, 4) is 0 Å². The lowest BCUT2D eigenvalue weighted by atomic mass is 9.86. The molecule has 0 N–H and O–H groups in total. The quantitative estimate of drug-likeness (QED) is 0.526. The average molecular weight is 150 g/mol. The van der Waals surface area contributed by atoms with Crippen LogP contribution in [0.1, 0.15) is 27.7 Å². The van der Waals surface area contributed by atoms with Gasteiger partial charge in [0.2, 0.25) is 0 Å². The van der Waals surface area contributed by atoms with E-state index in [0.29, 0.717) is 0 Å². The molecule has 0 spiro atoms. The Labute approximate surface area is 70.3 Å². The number of rotatable bonds is 2. The molecule has 0 saturated heterocycles. The third-order valence-corrected chi connectivity index (χ3v) is 1.59. The Morgan fingerprint density at radius 3 is 2.09 bits per heavy atom. The second-order valence-electron chi connectivity index (χ2n) is 3.59. The summed E-state index contributed by atoms with van der Waals surface area (Å²) in [6.45, 7) is 12.3. The topological polar surface area (TPSA) is 0 Å². The van der Waals surface area contributed by atoms with Gasteiger partial charge < -0.3 is 0 Å². The van der Waals surface area contributed by atoms with Crippen molar-refractivity contribution in [3.05, 3.63) is 36.5 Å². The van der Waals surface area contributed by atoms with Crippen LogP contribution in [0.4, 0.5) is 0 Å². The van der Waals surface area contributed by atoms with Crippen LogP contribution in [0.5, 0.6) is 0 Å². The second-order valence-corrected chi connectivity index (χ2v) is 3.59. The SMILES string of the molecule is C=C/C=C\C(=C/C)C(C)(C)C. The number of hydrogen-bond donors (Lipinski definition) is 0. The largest absolute Gasteiger partial charge is 0.0991 e. The van der Waals surface area contributed by atoms with E-state index >= 15 is 0 Å². The molecule has 0 aliphatic carbocycles. The summed E-state index contributed by atoms with van der Waals surface area (Å²) in [7, 11) is 0. The molecule has 0 bridgehead atoms. The maximum atomic E-state index is 3.63. The van der Waals surface area contributed by atoms with Gasteiger partial charge in [0.05, 0.1) is 0 Å². The Kier molecular flexibility index (Phi) is 3.88. The monoisotopic (exact) mass is 150 g/mol. The van der Waals surface area contributed by atoms with E-state index in [9.17, 15) is 0 Å². The van der Waals surface area contributed by atoms with Crippen LogP contribution in [0.3, 0.4) is 0 Å². The van der Waals surface area contributed by atoms with Crippen LogP contribution in [0.15, 0.2) is 36.5 Å². The molecule has 0 aliphatic heterocycles. The summed E-state index contributed by atoms with van der Waals surface area (Å²) in [5.41, 5.74) is 1.59. The molecule has 0 heterocycles. The molecule has 0 aromatic carbocycles. The van der Waals surface area contributed by atoms with Crippen LogP contribution in [-0.2, 0) is 0 Å². The minimum atomic E-state index is 0.244. The maximum Gasteiger partial charge on any atom is -0.0135 e. The molecule has 0 aromatic heterocycles. The molecule has 0 nitrogen and oxygen atoms in total. The predicted molar refractivity (Wildman–Crippen MR) is 52.5 cm³/mol. The van der Waals surface area contributed by atoms with E-state index in [-0.39, 0.29) is 5.41 Å². The Bertz CT molecular complexity index is 175. The number of hydrogen-bond acceptors (Lipinski definition) is 0. The molecule has 0 saturated carbocycles. The fourth-order valence-electron chi connectivity index (χ4n) is 0.951. The van der Waals surface area contributed by atoms with E-state index in [1.807, 2.05) is 6.08 Å². The van der Waals surface area contributed by atoms with Crippen LogP contribution in [-0.4, -0.2) is 0 Å². The molecule has 0 aliphatic rings. The highest BCUT2D eigenvalue weighted by atomic mass is 14.2. The Morgan fingerprint density at radius 1 is 1.27 bits per heavy atom. The lowest BCUT2D eigenvalue weighted by molar-refractivity contribution is 0.516. The van der Waals surface area contributed by atoms with E-state index in [2.05, 4.69) is 46.4 Å². The summed E-state index contributed by atoms with van der Waals surface area (Å²) in [5.74, 6) is 0. The van der Waals surface area contributed by atoms with E-state index in [1.165, 1.54) is 5.57 Å². The lowest BCUT2D eigenvalue weighted by Crippen LogP contribution is -2.06. The standard InChI is InChI=1S/C11H18/c1-6-8-9-10(7-2)11(3,4)5/h6-9H,1H2,2-5H3/b9-8-,10-7+. The molecule has 0 atom stereocenters. The Morgan fingerprint density at radius 2 is 1.82 bits per heavy atom. The molecule has 0 rings (SSSR count). The summed E-state index contributed by atoms with van der Waals surface area (Å²) < 4.78 is 0. The van der Waals surface area contributed by atoms with Gasteiger partial charge in [0.1, 0.15) is 0 Å². The van der Waals surface area contributed by atoms with Crippen LogP contribution in [0, 0.1) is 5.41 Å². The van der Waals surface area contributed by atoms with Crippen molar-refractivity contribution >= 4 is 0 Å². The molecular weight excluding hydrogens is 132 g/mol. The molecule has 0 heteroatoms. The van der Waals surface area contributed by atoms with Crippen molar-refractivity contribution < 1.29 is 0 Å². The van der Waals surface area contributed by atoms with Crippen molar-refractivity contribution in [2.45, 2.75) is 27.7 Å². The lowest BCUT2D eigenvalue weighted by Gasteiger charge is -2.19. The summed E-state index contributed by atoms with van der Waals surface area (Å²) in [4.78, 5) is 0. The van der Waals surface area contributed by atoms with Gasteiger partial charge in [0.15, 0.2) is 0 Å². The highest BCUT2D eigenvalue weighted by Gasteiger charge is 2.12. The minimum absolute atomic E-state index is 0.244. The van der Waals surface area contributed by atoms with E-state index in [1.54, 1.807) is 6.08 Å². The van der Waals surface area contributed by atoms with Gasteiger partial charge in [-0.15, -0.1) is 0 Å². The zero-order valence-electron chi connectivity index (χ0n) is 8.02. The molecule has 0 unspecified atom stereocenters. The van der Waals surface area contributed by atoms with Gasteiger partial charge >= 0.3 is 0 Å². The first kappa shape index (κ1) is 10.2. The first-order chi connectivity index (χ1) is 5.02. The predicted octanol–water partition coefficient (Wildman–Crippen LogP) is 3.72. The van der Waals surface area contributed by atoms with Crippen LogP contribution in [0.2, 0.25) is 0 Å². The molecule has 11 heavy (non-hydrogen) atoms. The summed E-state index contributed by atoms with van der Waals surface area (Å²) in [5, 5.41) is 0. The van der Waals surface area contributed by atoms with Crippen molar-refractivity contribution in [2.75, 3.05) is 0 Å². The molecule has 0 amide bonds. The van der Waals surface area contributed by atoms with Crippen molar-refractivity contribution in [1.29, 1.82) is 0 Å². The Hall–Kier alpha value is -0.780. The van der Waals surface area contributed by atoms with Crippen molar-refractivity contribution in [3.63, 3.8) is 0 Å². The molecular formula is C11H18. The van der Waals surface area contributed by atoms with Crippen molar-refractivity contribution in [2.24, 2.45) is 5.41 Å². The van der Waals surface area contributed by atoms with Crippen LogP contribution in [0.25, 0.3) is 0 Å². The zero-order valence-corrected chi connectivity index (χ0v) is 8.02. The maximum absolute atomic E-state index is 3.63. The van der Waals surface area contributed by atoms with E-state index < -0.39 is 0 Å². The average Bonchev–Trinajstić information content (AvgIpc) is 1.87. The first-order valence-electron chi connectivity index (χ1n) is 3.98. The summed E-state index contributed by atoms with van der Waals surface area (Å²) >= 11 is 0. The smallest absolute Gasteiger partial charge is 0.0135 e. The second kappa shape index (κ2) is 4.17. The summed E-state index contributed by atoms with van der Waals surface area (Å²) in [6, 6.07) is 0. The highest BCUT2D eigenvalue weighted by molar-refractivity contribution is 5.26. The van der Waals surface area contributed by atoms with Gasteiger partial charge in [0, 0.05) is 0 Å². The van der Waals surface area contributed by atoms with E-state index in [0.717, 1.165) is 0 Å². The van der Waals surface area contributed by atoms with Crippen LogP contribution >= 0.6 is 0 Å². The van der Waals surface area contributed by atoms with Gasteiger partial charge in [-0.05, 0) is 17.9 Å². The third-order valence-electron chi connectivity index (χ3n) is 1.59. The molecule has 0 fully saturated rings. The zero-order chi connectivity index (χ0) is 8.91.